The Morgan fingerprint density at radius 3 is 2.75 bits per heavy atom. The minimum Gasteiger partial charge on any atom is -0.489 e. The molecular weight excluding hydrogens is 327 g/mol. The number of nitrogens with two attached hydrogens (primary N) is 1. The molecule has 0 aliphatic rings. The van der Waals surface area contributed by atoms with Crippen LogP contribution in [0.15, 0.2) is 46.9 Å². The lowest BCUT2D eigenvalue weighted by atomic mass is 10.1. The van der Waals surface area contributed by atoms with Gasteiger partial charge in [-0.1, -0.05) is 18.2 Å². The quantitative estimate of drug-likeness (QED) is 0.511. The van der Waals surface area contributed by atoms with Gasteiger partial charge in [0.15, 0.2) is 0 Å². The number of hydrogen-bond acceptors (Lipinski definition) is 3. The van der Waals surface area contributed by atoms with Crippen LogP contribution in [-0.4, -0.2) is 5.91 Å². The van der Waals surface area contributed by atoms with Gasteiger partial charge in [-0.15, -0.1) is 0 Å². The van der Waals surface area contributed by atoms with Crippen LogP contribution in [0.25, 0.3) is 0 Å². The second-order valence-electron chi connectivity index (χ2n) is 4.00. The molecule has 6 heteroatoms. The van der Waals surface area contributed by atoms with E-state index in [0.717, 1.165) is 0 Å². The van der Waals surface area contributed by atoms with Gasteiger partial charge < -0.3 is 4.74 Å². The molecule has 0 fully saturated rings. The molecule has 0 aliphatic carbocycles. The van der Waals surface area contributed by atoms with E-state index in [0.29, 0.717) is 21.3 Å². The third-order valence-corrected chi connectivity index (χ3v) is 3.32. The van der Waals surface area contributed by atoms with Crippen molar-refractivity contribution in [3.8, 4) is 5.75 Å². The molecule has 0 aliphatic heterocycles. The lowest BCUT2D eigenvalue weighted by molar-refractivity contribution is 0.0951. The number of hydrazine groups is 1. The molecule has 20 heavy (non-hydrogen) atoms. The lowest BCUT2D eigenvalue weighted by Gasteiger charge is -2.10. The normalized spacial score (nSPS) is 10.2. The molecule has 0 heterocycles. The van der Waals surface area contributed by atoms with Gasteiger partial charge in [0.25, 0.3) is 5.91 Å². The third-order valence-electron chi connectivity index (χ3n) is 2.68. The van der Waals surface area contributed by atoms with E-state index < -0.39 is 11.7 Å². The van der Waals surface area contributed by atoms with Crippen molar-refractivity contribution < 1.29 is 13.9 Å². The molecule has 2 aromatic rings. The van der Waals surface area contributed by atoms with Gasteiger partial charge in [-0.25, -0.2) is 10.2 Å². The molecule has 2 rings (SSSR count). The van der Waals surface area contributed by atoms with Crippen molar-refractivity contribution >= 4 is 21.8 Å². The van der Waals surface area contributed by atoms with Crippen LogP contribution in [0.5, 0.6) is 5.75 Å². The highest BCUT2D eigenvalue weighted by Crippen LogP contribution is 2.22. The molecular formula is C14H12BrFN2O2. The Bertz CT molecular complexity index is 634. The Hall–Kier alpha value is -1.92. The van der Waals surface area contributed by atoms with E-state index in [-0.39, 0.29) is 6.61 Å². The van der Waals surface area contributed by atoms with E-state index in [2.05, 4.69) is 21.4 Å². The van der Waals surface area contributed by atoms with Crippen LogP contribution in [0.2, 0.25) is 0 Å². The predicted molar refractivity (Wildman–Crippen MR) is 76.5 cm³/mol. The van der Waals surface area contributed by atoms with Gasteiger partial charge >= 0.3 is 0 Å². The number of ether oxygens (including phenoxy) is 1. The van der Waals surface area contributed by atoms with Crippen LogP contribution in [0.3, 0.4) is 0 Å². The first-order valence-corrected chi connectivity index (χ1v) is 6.58. The predicted octanol–water partition coefficient (Wildman–Crippen LogP) is 2.77. The number of carbonyl (C=O) groups is 1. The van der Waals surface area contributed by atoms with Crippen molar-refractivity contribution in [3.63, 3.8) is 0 Å². The first kappa shape index (κ1) is 14.5. The minimum atomic E-state index is -0.407. The number of benzene rings is 2. The highest BCUT2D eigenvalue weighted by atomic mass is 79.9. The second-order valence-corrected chi connectivity index (χ2v) is 4.85. The van der Waals surface area contributed by atoms with Gasteiger partial charge in [0.05, 0.1) is 4.47 Å². The average molecular weight is 339 g/mol. The van der Waals surface area contributed by atoms with Crippen LogP contribution in [0.4, 0.5) is 4.39 Å². The summed E-state index contributed by atoms with van der Waals surface area (Å²) in [5.41, 5.74) is 3.16. The molecule has 1 amide bonds. The zero-order valence-corrected chi connectivity index (χ0v) is 12.0. The molecule has 4 nitrogen and oxygen atoms in total. The number of rotatable bonds is 4. The lowest BCUT2D eigenvalue weighted by Crippen LogP contribution is -2.30. The maximum atomic E-state index is 13.4. The van der Waals surface area contributed by atoms with Gasteiger partial charge in [-0.2, -0.15) is 0 Å². The van der Waals surface area contributed by atoms with Crippen LogP contribution in [0, 0.1) is 5.82 Å². The smallest absolute Gasteiger partial charge is 0.265 e. The Balaban J connectivity index is 2.14. The van der Waals surface area contributed by atoms with Crippen molar-refractivity contribution in [1.82, 2.24) is 5.43 Å². The maximum absolute atomic E-state index is 13.4. The topological polar surface area (TPSA) is 64.3 Å². The Morgan fingerprint density at radius 1 is 1.30 bits per heavy atom. The van der Waals surface area contributed by atoms with Gasteiger partial charge in [-0.05, 0) is 34.1 Å². The first-order chi connectivity index (χ1) is 9.61. The molecule has 0 saturated heterocycles. The summed E-state index contributed by atoms with van der Waals surface area (Å²) < 4.78 is 19.2. The van der Waals surface area contributed by atoms with E-state index in [1.165, 1.54) is 6.07 Å². The van der Waals surface area contributed by atoms with Crippen molar-refractivity contribution in [2.75, 3.05) is 0 Å². The van der Waals surface area contributed by atoms with Crippen molar-refractivity contribution in [2.24, 2.45) is 5.84 Å². The fraction of sp³-hybridized carbons (Fsp3) is 0.0714. The Kier molecular flexibility index (Phi) is 4.70. The van der Waals surface area contributed by atoms with Crippen LogP contribution in [-0.2, 0) is 6.61 Å². The number of nitrogens with one attached hydrogen (secondary N) is 1. The standard InChI is InChI=1S/C14H12BrFN2O2/c15-12-6-5-10(7-13(12)16)20-8-9-3-1-2-4-11(9)14(19)18-17/h1-7H,8,17H2,(H,18,19). The number of carbonyl (C=O) groups excluding carboxylic acids is 1. The van der Waals surface area contributed by atoms with E-state index in [4.69, 9.17) is 10.6 Å². The monoisotopic (exact) mass is 338 g/mol. The molecule has 104 valence electrons. The SMILES string of the molecule is NNC(=O)c1ccccc1COc1ccc(Br)c(F)c1. The van der Waals surface area contributed by atoms with Crippen molar-refractivity contribution in [3.05, 3.63) is 63.9 Å². The molecule has 0 bridgehead atoms. The first-order valence-electron chi connectivity index (χ1n) is 5.78. The van der Waals surface area contributed by atoms with Crippen molar-refractivity contribution in [1.29, 1.82) is 0 Å². The average Bonchev–Trinajstić information content (AvgIpc) is 2.48. The van der Waals surface area contributed by atoms with E-state index in [1.54, 1.807) is 36.4 Å². The molecule has 3 N–H and O–H groups in total. The highest BCUT2D eigenvalue weighted by molar-refractivity contribution is 9.10. The number of hydrogen-bond donors (Lipinski definition) is 2. The maximum Gasteiger partial charge on any atom is 0.265 e. The largest absolute Gasteiger partial charge is 0.489 e. The number of nitrogen functional groups attached to an aromatic ring is 1. The molecule has 0 spiro atoms. The summed E-state index contributed by atoms with van der Waals surface area (Å²) in [6.07, 6.45) is 0. The van der Waals surface area contributed by atoms with Gasteiger partial charge in [-0.3, -0.25) is 10.2 Å². The van der Waals surface area contributed by atoms with Crippen LogP contribution in [0.1, 0.15) is 15.9 Å². The summed E-state index contributed by atoms with van der Waals surface area (Å²) in [5.74, 6) is 4.70. The van der Waals surface area contributed by atoms with Crippen molar-refractivity contribution in [2.45, 2.75) is 6.61 Å². The molecule has 0 radical (unpaired) electrons. The van der Waals surface area contributed by atoms with E-state index in [9.17, 15) is 9.18 Å². The van der Waals surface area contributed by atoms with Crippen LogP contribution >= 0.6 is 15.9 Å². The molecule has 0 saturated carbocycles. The summed E-state index contributed by atoms with van der Waals surface area (Å²) in [7, 11) is 0. The summed E-state index contributed by atoms with van der Waals surface area (Å²) in [6.45, 7) is 0.144. The highest BCUT2D eigenvalue weighted by Gasteiger charge is 2.10. The van der Waals surface area contributed by atoms with E-state index in [1.807, 2.05) is 0 Å². The Morgan fingerprint density at radius 2 is 2.05 bits per heavy atom. The zero-order chi connectivity index (χ0) is 14.5. The second kappa shape index (κ2) is 6.49. The zero-order valence-electron chi connectivity index (χ0n) is 10.4. The molecule has 0 unspecified atom stereocenters. The minimum absolute atomic E-state index is 0.144. The summed E-state index contributed by atoms with van der Waals surface area (Å²) in [5, 5.41) is 0. The fourth-order valence-corrected chi connectivity index (χ4v) is 1.92. The summed E-state index contributed by atoms with van der Waals surface area (Å²) >= 11 is 3.07. The number of halogens is 2. The number of amides is 1. The van der Waals surface area contributed by atoms with Gasteiger partial charge in [0.2, 0.25) is 0 Å². The Labute approximate surface area is 123 Å². The van der Waals surface area contributed by atoms with Crippen LogP contribution < -0.4 is 16.0 Å². The molecule has 0 atom stereocenters. The molecule has 0 aromatic heterocycles. The van der Waals surface area contributed by atoms with Gasteiger partial charge in [0, 0.05) is 17.2 Å². The fourth-order valence-electron chi connectivity index (χ4n) is 1.67. The summed E-state index contributed by atoms with van der Waals surface area (Å²) in [4.78, 5) is 11.6. The third kappa shape index (κ3) is 3.34. The van der Waals surface area contributed by atoms with E-state index >= 15 is 0 Å². The molecule has 2 aromatic carbocycles. The summed E-state index contributed by atoms with van der Waals surface area (Å²) in [6, 6.07) is 11.4. The van der Waals surface area contributed by atoms with Gasteiger partial charge in [0.1, 0.15) is 18.2 Å².